The van der Waals surface area contributed by atoms with Gasteiger partial charge in [-0.05, 0) is 44.0 Å². The van der Waals surface area contributed by atoms with E-state index in [1.54, 1.807) is 17.9 Å². The molecule has 0 saturated heterocycles. The quantitative estimate of drug-likeness (QED) is 0.487. The topological polar surface area (TPSA) is 55.8 Å². The molecule has 1 amide bonds. The molecule has 1 aromatic carbocycles. The lowest BCUT2D eigenvalue weighted by Gasteiger charge is -2.20. The van der Waals surface area contributed by atoms with E-state index in [1.807, 2.05) is 38.1 Å². The largest absolute Gasteiger partial charge is 0.494 e. The summed E-state index contributed by atoms with van der Waals surface area (Å²) < 4.78 is 10.3. The summed E-state index contributed by atoms with van der Waals surface area (Å²) >= 11 is 0. The molecule has 0 heterocycles. The molecule has 5 nitrogen and oxygen atoms in total. The van der Waals surface area contributed by atoms with Crippen molar-refractivity contribution in [2.75, 3.05) is 26.3 Å². The Bertz CT molecular complexity index is 537. The molecular formula is C19H27NO4. The van der Waals surface area contributed by atoms with Crippen LogP contribution in [-0.2, 0) is 14.3 Å². The number of hydrogen-bond acceptors (Lipinski definition) is 4. The summed E-state index contributed by atoms with van der Waals surface area (Å²) in [6, 6.07) is 7.55. The minimum Gasteiger partial charge on any atom is -0.494 e. The van der Waals surface area contributed by atoms with Gasteiger partial charge in [0, 0.05) is 19.2 Å². The molecule has 0 spiro atoms. The third kappa shape index (κ3) is 7.31. The van der Waals surface area contributed by atoms with Crippen LogP contribution in [0, 0.1) is 0 Å². The van der Waals surface area contributed by atoms with E-state index < -0.39 is 0 Å². The van der Waals surface area contributed by atoms with Crippen molar-refractivity contribution < 1.29 is 19.1 Å². The van der Waals surface area contributed by atoms with Crippen LogP contribution < -0.4 is 4.74 Å². The Morgan fingerprint density at radius 1 is 1.04 bits per heavy atom. The molecule has 0 unspecified atom stereocenters. The van der Waals surface area contributed by atoms with Gasteiger partial charge in [-0.3, -0.25) is 9.59 Å². The van der Waals surface area contributed by atoms with Crippen LogP contribution in [0.3, 0.4) is 0 Å². The third-order valence-electron chi connectivity index (χ3n) is 3.31. The molecule has 0 saturated carbocycles. The molecule has 0 aliphatic carbocycles. The van der Waals surface area contributed by atoms with Gasteiger partial charge in [-0.2, -0.15) is 0 Å². The minimum absolute atomic E-state index is 0.102. The van der Waals surface area contributed by atoms with Crippen molar-refractivity contribution in [3.05, 3.63) is 35.9 Å². The van der Waals surface area contributed by atoms with Crippen LogP contribution >= 0.6 is 0 Å². The van der Waals surface area contributed by atoms with Crippen LogP contribution in [0.2, 0.25) is 0 Å². The smallest absolute Gasteiger partial charge is 0.307 e. The second kappa shape index (κ2) is 11.3. The lowest BCUT2D eigenvalue weighted by atomic mass is 10.2. The molecule has 0 aromatic heterocycles. The molecule has 0 N–H and O–H groups in total. The Hall–Kier alpha value is -2.30. The Kier molecular flexibility index (Phi) is 9.27. The maximum atomic E-state index is 12.3. The average Bonchev–Trinajstić information content (AvgIpc) is 2.58. The summed E-state index contributed by atoms with van der Waals surface area (Å²) in [5.74, 6) is 0.431. The lowest BCUT2D eigenvalue weighted by Crippen LogP contribution is -2.32. The SMILES string of the molecule is CCCN(CCC(=O)OCC)C(=O)/C=C/c1ccc(OCC)cc1. The highest BCUT2D eigenvalue weighted by atomic mass is 16.5. The van der Waals surface area contributed by atoms with Crippen LogP contribution in [0.1, 0.15) is 39.2 Å². The first-order valence-electron chi connectivity index (χ1n) is 8.46. The molecule has 0 atom stereocenters. The predicted octanol–water partition coefficient (Wildman–Crippen LogP) is 3.29. The maximum absolute atomic E-state index is 12.3. The first kappa shape index (κ1) is 19.7. The van der Waals surface area contributed by atoms with E-state index in [1.165, 1.54) is 6.08 Å². The fourth-order valence-electron chi connectivity index (χ4n) is 2.18. The van der Waals surface area contributed by atoms with Gasteiger partial charge in [0.25, 0.3) is 0 Å². The van der Waals surface area contributed by atoms with Crippen LogP contribution in [0.5, 0.6) is 5.75 Å². The molecule has 0 aliphatic rings. The summed E-state index contributed by atoms with van der Waals surface area (Å²) in [6.45, 7) is 7.68. The van der Waals surface area contributed by atoms with Crippen LogP contribution in [0.4, 0.5) is 0 Å². The summed E-state index contributed by atoms with van der Waals surface area (Å²) in [5.41, 5.74) is 0.925. The normalized spacial score (nSPS) is 10.6. The zero-order valence-corrected chi connectivity index (χ0v) is 14.8. The number of nitrogens with zero attached hydrogens (tertiary/aromatic N) is 1. The Balaban J connectivity index is 2.61. The van der Waals surface area contributed by atoms with Gasteiger partial charge in [0.2, 0.25) is 5.91 Å². The molecule has 0 fully saturated rings. The molecule has 0 radical (unpaired) electrons. The number of hydrogen-bond donors (Lipinski definition) is 0. The fraction of sp³-hybridized carbons (Fsp3) is 0.474. The number of esters is 1. The zero-order valence-electron chi connectivity index (χ0n) is 14.8. The molecule has 1 aromatic rings. The Morgan fingerprint density at radius 3 is 2.33 bits per heavy atom. The van der Waals surface area contributed by atoms with Crippen molar-refractivity contribution in [3.63, 3.8) is 0 Å². The second-order valence-corrected chi connectivity index (χ2v) is 5.22. The lowest BCUT2D eigenvalue weighted by molar-refractivity contribution is -0.143. The number of benzene rings is 1. The van der Waals surface area contributed by atoms with Crippen LogP contribution in [-0.4, -0.2) is 43.1 Å². The number of amides is 1. The minimum atomic E-state index is -0.276. The fourth-order valence-corrected chi connectivity index (χ4v) is 2.18. The second-order valence-electron chi connectivity index (χ2n) is 5.22. The van der Waals surface area contributed by atoms with Crippen molar-refractivity contribution in [1.29, 1.82) is 0 Å². The van der Waals surface area contributed by atoms with Crippen LogP contribution in [0.15, 0.2) is 30.3 Å². The third-order valence-corrected chi connectivity index (χ3v) is 3.31. The van der Waals surface area contributed by atoms with Crippen molar-refractivity contribution >= 4 is 18.0 Å². The first-order valence-corrected chi connectivity index (χ1v) is 8.46. The highest BCUT2D eigenvalue weighted by Crippen LogP contribution is 2.13. The molecule has 24 heavy (non-hydrogen) atoms. The standard InChI is InChI=1S/C19H27NO4/c1-4-14-20(15-13-19(22)24-6-3)18(21)12-9-16-7-10-17(11-8-16)23-5-2/h7-12H,4-6,13-15H2,1-3H3/b12-9+. The zero-order chi connectivity index (χ0) is 17.8. The average molecular weight is 333 g/mol. The van der Waals surface area contributed by atoms with Gasteiger partial charge in [-0.15, -0.1) is 0 Å². The highest BCUT2D eigenvalue weighted by molar-refractivity contribution is 5.92. The van der Waals surface area contributed by atoms with E-state index in [9.17, 15) is 9.59 Å². The molecule has 132 valence electrons. The van der Waals surface area contributed by atoms with Crippen molar-refractivity contribution in [1.82, 2.24) is 4.90 Å². The summed E-state index contributed by atoms with van der Waals surface area (Å²) in [6.07, 6.45) is 4.36. The number of ether oxygens (including phenoxy) is 2. The van der Waals surface area contributed by atoms with E-state index in [-0.39, 0.29) is 18.3 Å². The van der Waals surface area contributed by atoms with Gasteiger partial charge in [0.05, 0.1) is 19.6 Å². The van der Waals surface area contributed by atoms with Crippen LogP contribution in [0.25, 0.3) is 6.08 Å². The van der Waals surface area contributed by atoms with Gasteiger partial charge < -0.3 is 14.4 Å². The van der Waals surface area contributed by atoms with E-state index >= 15 is 0 Å². The Morgan fingerprint density at radius 2 is 1.75 bits per heavy atom. The summed E-state index contributed by atoms with van der Waals surface area (Å²) in [5, 5.41) is 0. The molecular weight excluding hydrogens is 306 g/mol. The molecule has 0 bridgehead atoms. The predicted molar refractivity (Wildman–Crippen MR) is 94.8 cm³/mol. The van der Waals surface area contributed by atoms with E-state index in [2.05, 4.69) is 0 Å². The molecule has 5 heteroatoms. The van der Waals surface area contributed by atoms with Gasteiger partial charge >= 0.3 is 5.97 Å². The van der Waals surface area contributed by atoms with Gasteiger partial charge in [0.1, 0.15) is 5.75 Å². The van der Waals surface area contributed by atoms with E-state index in [4.69, 9.17) is 9.47 Å². The number of carbonyl (C=O) groups is 2. The van der Waals surface area contributed by atoms with Crippen molar-refractivity contribution in [2.24, 2.45) is 0 Å². The highest BCUT2D eigenvalue weighted by Gasteiger charge is 2.12. The van der Waals surface area contributed by atoms with E-state index in [0.29, 0.717) is 26.3 Å². The van der Waals surface area contributed by atoms with Gasteiger partial charge in [-0.1, -0.05) is 19.1 Å². The monoisotopic (exact) mass is 333 g/mol. The summed E-state index contributed by atoms with van der Waals surface area (Å²) in [4.78, 5) is 25.4. The summed E-state index contributed by atoms with van der Waals surface area (Å²) in [7, 11) is 0. The first-order chi connectivity index (χ1) is 11.6. The van der Waals surface area contributed by atoms with Gasteiger partial charge in [0.15, 0.2) is 0 Å². The van der Waals surface area contributed by atoms with Crippen molar-refractivity contribution in [2.45, 2.75) is 33.6 Å². The number of rotatable bonds is 10. The van der Waals surface area contributed by atoms with Gasteiger partial charge in [-0.25, -0.2) is 0 Å². The molecule has 1 rings (SSSR count). The maximum Gasteiger partial charge on any atom is 0.307 e. The molecule has 0 aliphatic heterocycles. The van der Waals surface area contributed by atoms with E-state index in [0.717, 1.165) is 17.7 Å². The van der Waals surface area contributed by atoms with Crippen molar-refractivity contribution in [3.8, 4) is 5.75 Å². The Labute approximate surface area is 144 Å². The number of carbonyl (C=O) groups excluding carboxylic acids is 2.